The quantitative estimate of drug-likeness (QED) is 0.229. The van der Waals surface area contributed by atoms with Crippen molar-refractivity contribution in [3.8, 4) is 16.9 Å². The number of nitrogens with two attached hydrogens (primary N) is 1. The van der Waals surface area contributed by atoms with Crippen LogP contribution in [0.3, 0.4) is 0 Å². The van der Waals surface area contributed by atoms with Crippen LogP contribution in [0, 0.1) is 11.2 Å². The second-order valence-electron chi connectivity index (χ2n) is 12.6. The number of benzene rings is 3. The van der Waals surface area contributed by atoms with E-state index in [4.69, 9.17) is 31.5 Å². The maximum Gasteiger partial charge on any atom is 0.407 e. The first-order valence-electron chi connectivity index (χ1n) is 14.1. The van der Waals surface area contributed by atoms with Gasteiger partial charge < -0.3 is 30.6 Å². The van der Waals surface area contributed by atoms with Crippen molar-refractivity contribution in [1.29, 1.82) is 0 Å². The number of rotatable bonds is 8. The first-order valence-corrected chi connectivity index (χ1v) is 14.5. The van der Waals surface area contributed by atoms with E-state index in [0.717, 1.165) is 5.56 Å². The van der Waals surface area contributed by atoms with Gasteiger partial charge in [0.1, 0.15) is 17.2 Å². The number of hydrogen-bond donors (Lipinski definition) is 3. The predicted octanol–water partition coefficient (Wildman–Crippen LogP) is 7.42. The molecule has 0 saturated heterocycles. The number of nitrogens with one attached hydrogen (secondary N) is 2. The van der Waals surface area contributed by atoms with E-state index < -0.39 is 40.7 Å². The predicted molar refractivity (Wildman–Crippen MR) is 166 cm³/mol. The second kappa shape index (κ2) is 12.3. The summed E-state index contributed by atoms with van der Waals surface area (Å²) < 4.78 is 33.5. The Hall–Kier alpha value is -3.98. The van der Waals surface area contributed by atoms with Gasteiger partial charge in [-0.2, -0.15) is 0 Å². The summed E-state index contributed by atoms with van der Waals surface area (Å²) in [7, 11) is 0. The molecule has 0 radical (unpaired) electrons. The zero-order chi connectivity index (χ0) is 31.6. The van der Waals surface area contributed by atoms with Crippen LogP contribution in [0.25, 0.3) is 11.1 Å². The Labute approximate surface area is 257 Å². The molecule has 0 bridgehead atoms. The molecule has 2 amide bonds. The van der Waals surface area contributed by atoms with Gasteiger partial charge in [0.25, 0.3) is 0 Å². The molecule has 4 N–H and O–H groups in total. The van der Waals surface area contributed by atoms with Crippen LogP contribution in [0.5, 0.6) is 5.75 Å². The lowest BCUT2D eigenvalue weighted by Crippen LogP contribution is -2.53. The molecule has 0 aromatic heterocycles. The number of halogens is 2. The van der Waals surface area contributed by atoms with Crippen molar-refractivity contribution in [1.82, 2.24) is 5.32 Å². The fourth-order valence-corrected chi connectivity index (χ4v) is 5.78. The highest BCUT2D eigenvalue weighted by Gasteiger charge is 2.55. The summed E-state index contributed by atoms with van der Waals surface area (Å²) in [4.78, 5) is 24.2. The maximum atomic E-state index is 15.7. The van der Waals surface area contributed by atoms with E-state index in [0.29, 0.717) is 34.1 Å². The van der Waals surface area contributed by atoms with Crippen molar-refractivity contribution in [2.45, 2.75) is 65.3 Å². The molecule has 0 aliphatic carbocycles. The van der Waals surface area contributed by atoms with Gasteiger partial charge in [-0.1, -0.05) is 68.8 Å². The summed E-state index contributed by atoms with van der Waals surface area (Å²) >= 11 is 6.81. The number of carbonyl (C=O) groups excluding carboxylic acids is 2. The lowest BCUT2D eigenvalue weighted by atomic mass is 9.72. The first-order chi connectivity index (χ1) is 20.1. The fourth-order valence-electron chi connectivity index (χ4n) is 5.50. The van der Waals surface area contributed by atoms with E-state index in [1.54, 1.807) is 45.0 Å². The van der Waals surface area contributed by atoms with Crippen molar-refractivity contribution in [3.05, 3.63) is 82.6 Å². The summed E-state index contributed by atoms with van der Waals surface area (Å²) in [5, 5.41) is 6.24. The molecule has 1 heterocycles. The Kier molecular flexibility index (Phi) is 9.16. The lowest BCUT2D eigenvalue weighted by Gasteiger charge is -2.43. The first kappa shape index (κ1) is 31.9. The minimum absolute atomic E-state index is 0.228. The van der Waals surface area contributed by atoms with Crippen molar-refractivity contribution < 1.29 is 28.2 Å². The third kappa shape index (κ3) is 7.16. The van der Waals surface area contributed by atoms with Gasteiger partial charge in [0.15, 0.2) is 11.7 Å². The van der Waals surface area contributed by atoms with Crippen molar-refractivity contribution >= 4 is 29.5 Å². The second-order valence-corrected chi connectivity index (χ2v) is 13.0. The number of amides is 2. The molecule has 0 unspecified atom stereocenters. The smallest absolute Gasteiger partial charge is 0.407 e. The van der Waals surface area contributed by atoms with E-state index in [2.05, 4.69) is 10.6 Å². The van der Waals surface area contributed by atoms with Crippen LogP contribution in [-0.2, 0) is 21.5 Å². The van der Waals surface area contributed by atoms with Crippen molar-refractivity contribution in [2.75, 3.05) is 18.4 Å². The molecule has 0 saturated carbocycles. The van der Waals surface area contributed by atoms with Crippen LogP contribution >= 0.6 is 11.6 Å². The third-order valence-electron chi connectivity index (χ3n) is 7.03. The molecule has 3 aromatic carbocycles. The summed E-state index contributed by atoms with van der Waals surface area (Å²) in [5.41, 5.74) is 5.82. The summed E-state index contributed by atoms with van der Waals surface area (Å²) in [6.07, 6.45) is -2.05. The topological polar surface area (TPSA) is 112 Å². The number of alkyl carbamates (subject to hydrolysis) is 1. The lowest BCUT2D eigenvalue weighted by molar-refractivity contribution is -0.100. The van der Waals surface area contributed by atoms with Crippen LogP contribution in [0.15, 0.2) is 60.7 Å². The molecule has 43 heavy (non-hydrogen) atoms. The number of hydrogen-bond acceptors (Lipinski definition) is 6. The normalized spacial score (nSPS) is 16.9. The standard InChI is InChI=1S/C33H39ClFN3O5/c1-31(2,3)28(41-29(36)39)33(20-11-8-7-9-12-20)19-21-25(42-33)16-15-22(34)26(21)27-23(35)13-10-14-24(27)37-17-18-38-30(40)43-32(4,5)6/h7-16,28,37H,17-19H2,1-6H3,(H2,36,39)(H,38,40)/t28-,33-/m0/s1. The highest BCUT2D eigenvalue weighted by Crippen LogP contribution is 2.53. The molecule has 2 atom stereocenters. The highest BCUT2D eigenvalue weighted by atomic mass is 35.5. The number of carbonyl (C=O) groups is 2. The number of ether oxygens (including phenoxy) is 3. The van der Waals surface area contributed by atoms with E-state index >= 15 is 4.39 Å². The van der Waals surface area contributed by atoms with Gasteiger partial charge >= 0.3 is 12.2 Å². The van der Waals surface area contributed by atoms with Gasteiger partial charge in [-0.25, -0.2) is 14.0 Å². The van der Waals surface area contributed by atoms with Crippen LogP contribution in [-0.4, -0.2) is 37.0 Å². The summed E-state index contributed by atoms with van der Waals surface area (Å²) in [5.74, 6) is 0.00439. The van der Waals surface area contributed by atoms with Crippen LogP contribution in [0.1, 0.15) is 52.7 Å². The third-order valence-corrected chi connectivity index (χ3v) is 7.34. The zero-order valence-corrected chi connectivity index (χ0v) is 26.1. The van der Waals surface area contributed by atoms with E-state index in [-0.39, 0.29) is 18.5 Å². The van der Waals surface area contributed by atoms with Crippen molar-refractivity contribution in [2.24, 2.45) is 11.1 Å². The molecule has 1 aliphatic rings. The fraction of sp³-hybridized carbons (Fsp3) is 0.394. The Morgan fingerprint density at radius 2 is 1.70 bits per heavy atom. The molecule has 0 spiro atoms. The molecular formula is C33H39ClFN3O5. The van der Waals surface area contributed by atoms with E-state index in [1.165, 1.54) is 6.07 Å². The largest absolute Gasteiger partial charge is 0.478 e. The van der Waals surface area contributed by atoms with Gasteiger partial charge in [0, 0.05) is 52.3 Å². The highest BCUT2D eigenvalue weighted by molar-refractivity contribution is 6.33. The average molecular weight is 612 g/mol. The zero-order valence-electron chi connectivity index (χ0n) is 25.3. The van der Waals surface area contributed by atoms with Crippen molar-refractivity contribution in [3.63, 3.8) is 0 Å². The van der Waals surface area contributed by atoms with Gasteiger partial charge in [-0.15, -0.1) is 0 Å². The molecule has 3 aromatic rings. The minimum atomic E-state index is -1.17. The van der Waals surface area contributed by atoms with Gasteiger partial charge in [-0.05, 0) is 50.6 Å². The number of primary amides is 1. The molecule has 1 aliphatic heterocycles. The molecular weight excluding hydrogens is 573 g/mol. The van der Waals surface area contributed by atoms with Crippen LogP contribution < -0.4 is 21.1 Å². The van der Waals surface area contributed by atoms with Gasteiger partial charge in [-0.3, -0.25) is 0 Å². The Morgan fingerprint density at radius 3 is 2.33 bits per heavy atom. The minimum Gasteiger partial charge on any atom is -0.478 e. The van der Waals surface area contributed by atoms with Gasteiger partial charge in [0.2, 0.25) is 0 Å². The molecule has 10 heteroatoms. The average Bonchev–Trinajstić information content (AvgIpc) is 3.30. The Bertz CT molecular complexity index is 1490. The number of anilines is 1. The molecule has 4 rings (SSSR count). The Morgan fingerprint density at radius 1 is 1.00 bits per heavy atom. The maximum absolute atomic E-state index is 15.7. The van der Waals surface area contributed by atoms with Gasteiger partial charge in [0.05, 0.1) is 0 Å². The Balaban J connectivity index is 1.75. The SMILES string of the molecule is CC(C)(C)OC(=O)NCCNc1cccc(F)c1-c1c(Cl)ccc2c1C[C@](c1ccccc1)([C@@H](OC(N)=O)C(C)(C)C)O2. The van der Waals surface area contributed by atoms with Crippen LogP contribution in [0.4, 0.5) is 19.7 Å². The summed E-state index contributed by atoms with van der Waals surface area (Å²) in [6, 6.07) is 17.6. The van der Waals surface area contributed by atoms with Crippen LogP contribution in [0.2, 0.25) is 5.02 Å². The molecule has 230 valence electrons. The monoisotopic (exact) mass is 611 g/mol. The molecule has 0 fully saturated rings. The van der Waals surface area contributed by atoms with E-state index in [9.17, 15) is 9.59 Å². The van der Waals surface area contributed by atoms with E-state index in [1.807, 2.05) is 51.1 Å². The number of fused-ring (bicyclic) bond motifs is 1. The molecule has 8 nitrogen and oxygen atoms in total. The summed E-state index contributed by atoms with van der Waals surface area (Å²) in [6.45, 7) is 11.7.